The van der Waals surface area contributed by atoms with E-state index in [1.807, 2.05) is 0 Å². The highest BCUT2D eigenvalue weighted by atomic mass is 79.9. The monoisotopic (exact) mass is 297 g/mol. The summed E-state index contributed by atoms with van der Waals surface area (Å²) >= 11 is 2.99. The van der Waals surface area contributed by atoms with Crippen molar-refractivity contribution in [1.29, 1.82) is 0 Å². The van der Waals surface area contributed by atoms with Gasteiger partial charge in [0.1, 0.15) is 0 Å². The largest absolute Gasteiger partial charge is 0.465 e. The first kappa shape index (κ1) is 13.0. The molecule has 0 N–H and O–H groups in total. The zero-order valence-electron chi connectivity index (χ0n) is 8.14. The van der Waals surface area contributed by atoms with E-state index in [1.165, 1.54) is 0 Å². The van der Waals surface area contributed by atoms with Gasteiger partial charge < -0.3 is 4.74 Å². The third-order valence-corrected chi connectivity index (χ3v) is 2.40. The average Bonchev–Trinajstić information content (AvgIpc) is 2.26. The number of pyridine rings is 1. The summed E-state index contributed by atoms with van der Waals surface area (Å²) < 4.78 is 42.6. The maximum absolute atomic E-state index is 13.2. The molecule has 1 heterocycles. The van der Waals surface area contributed by atoms with Crippen LogP contribution in [0.2, 0.25) is 0 Å². The molecular formula is C9H7BrF3NO2. The lowest BCUT2D eigenvalue weighted by Gasteiger charge is -2.09. The van der Waals surface area contributed by atoms with Crippen LogP contribution in [0.5, 0.6) is 0 Å². The molecule has 1 aromatic heterocycles. The van der Waals surface area contributed by atoms with E-state index in [9.17, 15) is 18.0 Å². The molecular weight excluding hydrogens is 291 g/mol. The molecule has 7 heteroatoms. The van der Waals surface area contributed by atoms with Crippen molar-refractivity contribution in [2.75, 3.05) is 7.11 Å². The summed E-state index contributed by atoms with van der Waals surface area (Å²) in [5.74, 6) is -2.37. The lowest BCUT2D eigenvalue weighted by atomic mass is 10.1. The third-order valence-electron chi connectivity index (χ3n) is 1.83. The average molecular weight is 298 g/mol. The van der Waals surface area contributed by atoms with Gasteiger partial charge in [-0.25, -0.2) is 18.6 Å². The van der Waals surface area contributed by atoms with Crippen LogP contribution in [0, 0.1) is 5.95 Å². The fourth-order valence-corrected chi connectivity index (χ4v) is 1.42. The van der Waals surface area contributed by atoms with Gasteiger partial charge in [-0.05, 0) is 6.07 Å². The smallest absolute Gasteiger partial charge is 0.338 e. The number of carbonyl (C=O) groups is 1. The van der Waals surface area contributed by atoms with Gasteiger partial charge in [-0.15, -0.1) is 0 Å². The minimum absolute atomic E-state index is 0.141. The Balaban J connectivity index is 3.40. The Kier molecular flexibility index (Phi) is 4.28. The van der Waals surface area contributed by atoms with Crippen molar-refractivity contribution in [1.82, 2.24) is 4.98 Å². The number of nitrogens with zero attached hydrogens (tertiary/aromatic N) is 1. The highest BCUT2D eigenvalue weighted by Crippen LogP contribution is 2.26. The number of methoxy groups -OCH3 is 1. The van der Waals surface area contributed by atoms with Crippen molar-refractivity contribution in [2.24, 2.45) is 0 Å². The summed E-state index contributed by atoms with van der Waals surface area (Å²) in [4.78, 5) is 14.5. The van der Waals surface area contributed by atoms with Crippen LogP contribution in [0.4, 0.5) is 13.2 Å². The van der Waals surface area contributed by atoms with E-state index in [4.69, 9.17) is 0 Å². The Hall–Kier alpha value is -1.11. The molecule has 88 valence electrons. The molecule has 0 aromatic carbocycles. The topological polar surface area (TPSA) is 39.2 Å². The molecule has 16 heavy (non-hydrogen) atoms. The number of hydrogen-bond donors (Lipinski definition) is 0. The summed E-state index contributed by atoms with van der Waals surface area (Å²) in [7, 11) is 1.03. The zero-order valence-corrected chi connectivity index (χ0v) is 9.72. The van der Waals surface area contributed by atoms with Gasteiger partial charge in [0, 0.05) is 5.33 Å². The second kappa shape index (κ2) is 5.29. The van der Waals surface area contributed by atoms with E-state index in [0.717, 1.165) is 13.2 Å². The number of ether oxygens (including phenoxy) is 1. The van der Waals surface area contributed by atoms with Gasteiger partial charge in [-0.1, -0.05) is 15.9 Å². The van der Waals surface area contributed by atoms with Crippen LogP contribution in [0.25, 0.3) is 0 Å². The van der Waals surface area contributed by atoms with Gasteiger partial charge >= 0.3 is 5.97 Å². The first-order chi connectivity index (χ1) is 7.51. The van der Waals surface area contributed by atoms with Gasteiger partial charge in [0.15, 0.2) is 0 Å². The zero-order chi connectivity index (χ0) is 12.3. The Labute approximate surface area is 97.8 Å². The molecule has 0 aliphatic heterocycles. The molecule has 0 amide bonds. The molecule has 3 nitrogen and oxygen atoms in total. The van der Waals surface area contributed by atoms with E-state index >= 15 is 0 Å². The SMILES string of the molecule is COC(=O)c1cc(CBr)nc(F)c1C(F)F. The fraction of sp³-hybridized carbons (Fsp3) is 0.333. The molecule has 0 aliphatic rings. The second-order valence-electron chi connectivity index (χ2n) is 2.79. The molecule has 0 unspecified atom stereocenters. The van der Waals surface area contributed by atoms with Crippen molar-refractivity contribution in [3.63, 3.8) is 0 Å². The van der Waals surface area contributed by atoms with Crippen molar-refractivity contribution < 1.29 is 22.7 Å². The molecule has 0 aliphatic carbocycles. The van der Waals surface area contributed by atoms with Gasteiger partial charge in [-0.2, -0.15) is 4.39 Å². The highest BCUT2D eigenvalue weighted by molar-refractivity contribution is 9.08. The molecule has 0 saturated carbocycles. The highest BCUT2D eigenvalue weighted by Gasteiger charge is 2.25. The molecule has 0 fully saturated rings. The normalized spacial score (nSPS) is 10.6. The lowest BCUT2D eigenvalue weighted by molar-refractivity contribution is 0.0586. The van der Waals surface area contributed by atoms with Crippen LogP contribution in [-0.2, 0) is 10.1 Å². The van der Waals surface area contributed by atoms with Crippen LogP contribution >= 0.6 is 15.9 Å². The molecule has 1 aromatic rings. The number of hydrogen-bond acceptors (Lipinski definition) is 3. The van der Waals surface area contributed by atoms with Crippen LogP contribution in [0.1, 0.15) is 28.0 Å². The van der Waals surface area contributed by atoms with E-state index in [0.29, 0.717) is 0 Å². The minimum atomic E-state index is -3.12. The first-order valence-corrected chi connectivity index (χ1v) is 5.25. The quantitative estimate of drug-likeness (QED) is 0.489. The number of carbonyl (C=O) groups excluding carboxylic acids is 1. The number of rotatable bonds is 3. The number of aromatic nitrogens is 1. The van der Waals surface area contributed by atoms with Crippen molar-refractivity contribution in [3.05, 3.63) is 28.8 Å². The van der Waals surface area contributed by atoms with Crippen molar-refractivity contribution in [2.45, 2.75) is 11.8 Å². The van der Waals surface area contributed by atoms with E-state index in [-0.39, 0.29) is 11.0 Å². The fourth-order valence-electron chi connectivity index (χ4n) is 1.13. The minimum Gasteiger partial charge on any atom is -0.465 e. The van der Waals surface area contributed by atoms with Crippen molar-refractivity contribution >= 4 is 21.9 Å². The Morgan fingerprint density at radius 3 is 2.69 bits per heavy atom. The molecule has 0 spiro atoms. The predicted octanol–water partition coefficient (Wildman–Crippen LogP) is 2.84. The molecule has 0 atom stereocenters. The van der Waals surface area contributed by atoms with E-state index in [2.05, 4.69) is 25.7 Å². The molecule has 1 rings (SSSR count). The second-order valence-corrected chi connectivity index (χ2v) is 3.35. The summed E-state index contributed by atoms with van der Waals surface area (Å²) in [6, 6.07) is 1.07. The molecule has 0 bridgehead atoms. The lowest BCUT2D eigenvalue weighted by Crippen LogP contribution is -2.11. The van der Waals surface area contributed by atoms with Crippen LogP contribution in [0.3, 0.4) is 0 Å². The van der Waals surface area contributed by atoms with Crippen LogP contribution in [0.15, 0.2) is 6.07 Å². The van der Waals surface area contributed by atoms with Gasteiger partial charge in [-0.3, -0.25) is 0 Å². The summed E-state index contributed by atoms with van der Waals surface area (Å²) in [5.41, 5.74) is -1.39. The summed E-state index contributed by atoms with van der Waals surface area (Å²) in [5, 5.41) is 0.150. The first-order valence-electron chi connectivity index (χ1n) is 4.13. The molecule has 0 saturated heterocycles. The van der Waals surface area contributed by atoms with Gasteiger partial charge in [0.05, 0.1) is 23.9 Å². The molecule has 0 radical (unpaired) electrons. The number of alkyl halides is 3. The van der Waals surface area contributed by atoms with E-state index in [1.54, 1.807) is 0 Å². The van der Waals surface area contributed by atoms with Crippen LogP contribution in [-0.4, -0.2) is 18.1 Å². The van der Waals surface area contributed by atoms with Crippen molar-refractivity contribution in [3.8, 4) is 0 Å². The number of halogens is 4. The Bertz CT molecular complexity index is 412. The summed E-state index contributed by atoms with van der Waals surface area (Å²) in [6.07, 6.45) is -3.12. The Morgan fingerprint density at radius 1 is 1.62 bits per heavy atom. The van der Waals surface area contributed by atoms with Gasteiger partial charge in [0.2, 0.25) is 5.95 Å². The summed E-state index contributed by atoms with van der Waals surface area (Å²) in [6.45, 7) is 0. The van der Waals surface area contributed by atoms with E-state index < -0.39 is 29.5 Å². The number of esters is 1. The third kappa shape index (κ3) is 2.52. The van der Waals surface area contributed by atoms with Gasteiger partial charge in [0.25, 0.3) is 6.43 Å². The maximum Gasteiger partial charge on any atom is 0.338 e. The standard InChI is InChI=1S/C9H7BrF3NO2/c1-16-9(15)5-2-4(3-10)14-8(13)6(5)7(11)12/h2,7H,3H2,1H3. The Morgan fingerprint density at radius 2 is 2.25 bits per heavy atom. The maximum atomic E-state index is 13.2. The predicted molar refractivity (Wildman–Crippen MR) is 53.1 cm³/mol. The van der Waals surface area contributed by atoms with Crippen LogP contribution < -0.4 is 0 Å².